The smallest absolute Gasteiger partial charge is 0.249 e. The summed E-state index contributed by atoms with van der Waals surface area (Å²) in [5, 5.41) is 2.64. The molecule has 1 saturated carbocycles. The van der Waals surface area contributed by atoms with Crippen molar-refractivity contribution in [2.75, 3.05) is 16.8 Å². The summed E-state index contributed by atoms with van der Waals surface area (Å²) in [5.74, 6) is -4.54. The van der Waals surface area contributed by atoms with Gasteiger partial charge in [0.2, 0.25) is 11.8 Å². The molecule has 1 fully saturated rings. The monoisotopic (exact) mass is 448 g/mol. The molecule has 7 heteroatoms. The van der Waals surface area contributed by atoms with Gasteiger partial charge >= 0.3 is 0 Å². The van der Waals surface area contributed by atoms with Crippen molar-refractivity contribution in [2.24, 2.45) is 5.41 Å². The average molecular weight is 449 g/mol. The molecule has 4 rings (SSSR count). The normalized spacial score (nSPS) is 18.2. The van der Waals surface area contributed by atoms with Gasteiger partial charge in [0.15, 0.2) is 0 Å². The quantitative estimate of drug-likeness (QED) is 0.548. The Morgan fingerprint density at radius 3 is 2.50 bits per heavy atom. The number of amides is 1. The number of carbonyl (C=O) groups excluding carboxylic acids is 1. The minimum atomic E-state index is -2.77. The molecule has 0 atom stereocenters. The van der Waals surface area contributed by atoms with Crippen LogP contribution in [0.15, 0.2) is 30.3 Å². The van der Waals surface area contributed by atoms with Gasteiger partial charge in [0, 0.05) is 38.0 Å². The van der Waals surface area contributed by atoms with E-state index in [1.807, 2.05) is 25.7 Å². The lowest BCUT2D eigenvalue weighted by molar-refractivity contribution is -0.117. The highest BCUT2D eigenvalue weighted by molar-refractivity contribution is 5.92. The first-order valence-electron chi connectivity index (χ1n) is 10.9. The Labute approximate surface area is 185 Å². The fourth-order valence-electron chi connectivity index (χ4n) is 4.54. The van der Waals surface area contributed by atoms with E-state index in [-0.39, 0.29) is 42.1 Å². The van der Waals surface area contributed by atoms with Crippen LogP contribution in [0.25, 0.3) is 0 Å². The molecular formula is C25H28F4N2O. The molecule has 0 radical (unpaired) electrons. The first-order chi connectivity index (χ1) is 14.9. The average Bonchev–Trinajstić information content (AvgIpc) is 2.65. The molecule has 2 aliphatic rings. The molecule has 1 aliphatic carbocycles. The van der Waals surface area contributed by atoms with Gasteiger partial charge in [-0.15, -0.1) is 0 Å². The summed E-state index contributed by atoms with van der Waals surface area (Å²) in [5.41, 5.74) is 2.59. The van der Waals surface area contributed by atoms with Crippen LogP contribution in [0.3, 0.4) is 0 Å². The molecule has 0 bridgehead atoms. The van der Waals surface area contributed by atoms with Crippen LogP contribution in [0.2, 0.25) is 0 Å². The SMILES string of the molecule is CC(C)(C)CC(=O)Nc1c(F)cc(N2CCc3cc(F)ccc3C2)cc1C1CC(F)(F)C1. The minimum Gasteiger partial charge on any atom is -0.367 e. The Morgan fingerprint density at radius 1 is 1.12 bits per heavy atom. The molecule has 32 heavy (non-hydrogen) atoms. The van der Waals surface area contributed by atoms with Gasteiger partial charge in [0.25, 0.3) is 0 Å². The lowest BCUT2D eigenvalue weighted by Crippen LogP contribution is -2.35. The third-order valence-electron chi connectivity index (χ3n) is 6.14. The molecule has 1 aliphatic heterocycles. The number of hydrogen-bond acceptors (Lipinski definition) is 2. The van der Waals surface area contributed by atoms with Gasteiger partial charge < -0.3 is 10.2 Å². The second-order valence-electron chi connectivity index (χ2n) is 10.2. The molecule has 0 aromatic heterocycles. The van der Waals surface area contributed by atoms with E-state index in [2.05, 4.69) is 5.32 Å². The molecule has 2 aromatic rings. The number of nitrogens with one attached hydrogen (secondary N) is 1. The van der Waals surface area contributed by atoms with Crippen LogP contribution in [-0.2, 0) is 17.8 Å². The van der Waals surface area contributed by atoms with Crippen molar-refractivity contribution in [3.63, 3.8) is 0 Å². The third-order valence-corrected chi connectivity index (χ3v) is 6.14. The summed E-state index contributed by atoms with van der Waals surface area (Å²) >= 11 is 0. The van der Waals surface area contributed by atoms with E-state index in [4.69, 9.17) is 0 Å². The summed E-state index contributed by atoms with van der Waals surface area (Å²) in [6.07, 6.45) is 0.0732. The summed E-state index contributed by atoms with van der Waals surface area (Å²) in [7, 11) is 0. The van der Waals surface area contributed by atoms with E-state index in [1.54, 1.807) is 12.1 Å². The fraction of sp³-hybridized carbons (Fsp3) is 0.480. The minimum absolute atomic E-state index is 0.00276. The summed E-state index contributed by atoms with van der Waals surface area (Å²) in [4.78, 5) is 14.4. The molecule has 2 aromatic carbocycles. The number of carbonyl (C=O) groups is 1. The summed E-state index contributed by atoms with van der Waals surface area (Å²) in [6, 6.07) is 7.72. The Bertz CT molecular complexity index is 1040. The highest BCUT2D eigenvalue weighted by Gasteiger charge is 2.47. The fourth-order valence-corrected chi connectivity index (χ4v) is 4.54. The van der Waals surface area contributed by atoms with Gasteiger partial charge in [-0.2, -0.15) is 0 Å². The molecule has 1 heterocycles. The predicted molar refractivity (Wildman–Crippen MR) is 117 cm³/mol. The zero-order chi connectivity index (χ0) is 23.3. The van der Waals surface area contributed by atoms with Crippen molar-refractivity contribution < 1.29 is 22.4 Å². The molecule has 3 nitrogen and oxygen atoms in total. The number of fused-ring (bicyclic) bond motifs is 1. The number of benzene rings is 2. The first-order valence-corrected chi connectivity index (χ1v) is 10.9. The standard InChI is InChI=1S/C25H28F4N2O/c1-24(2,3)13-22(32)30-23-20(17-11-25(28,29)12-17)9-19(10-21(23)27)31-7-6-15-8-18(26)5-4-16(15)14-31/h4-5,8-10,17H,6-7,11-14H2,1-3H3,(H,30,32). The van der Waals surface area contributed by atoms with Gasteiger partial charge in [-0.1, -0.05) is 26.8 Å². The van der Waals surface area contributed by atoms with Crippen molar-refractivity contribution in [3.8, 4) is 0 Å². The predicted octanol–water partition coefficient (Wildman–Crippen LogP) is 6.41. The van der Waals surface area contributed by atoms with E-state index < -0.39 is 17.7 Å². The Kier molecular flexibility index (Phi) is 5.72. The number of rotatable bonds is 4. The van der Waals surface area contributed by atoms with Crippen molar-refractivity contribution in [1.29, 1.82) is 0 Å². The van der Waals surface area contributed by atoms with E-state index in [9.17, 15) is 18.0 Å². The molecule has 1 amide bonds. The maximum absolute atomic E-state index is 15.2. The molecular weight excluding hydrogens is 420 g/mol. The van der Waals surface area contributed by atoms with Gasteiger partial charge in [0.1, 0.15) is 11.6 Å². The van der Waals surface area contributed by atoms with Crippen LogP contribution in [0, 0.1) is 17.0 Å². The zero-order valence-electron chi connectivity index (χ0n) is 18.6. The Hall–Kier alpha value is -2.57. The first kappa shape index (κ1) is 22.6. The number of halogens is 4. The number of anilines is 2. The topological polar surface area (TPSA) is 32.3 Å². The van der Waals surface area contributed by atoms with Crippen molar-refractivity contribution in [1.82, 2.24) is 0 Å². The maximum atomic E-state index is 15.2. The van der Waals surface area contributed by atoms with E-state index in [0.29, 0.717) is 30.8 Å². The van der Waals surface area contributed by atoms with Crippen LogP contribution in [0.5, 0.6) is 0 Å². The molecule has 0 spiro atoms. The van der Waals surface area contributed by atoms with Crippen LogP contribution in [0.4, 0.5) is 28.9 Å². The number of hydrogen-bond donors (Lipinski definition) is 1. The van der Waals surface area contributed by atoms with E-state index >= 15 is 4.39 Å². The second-order valence-corrected chi connectivity index (χ2v) is 10.2. The van der Waals surface area contributed by atoms with E-state index in [0.717, 1.165) is 11.1 Å². The van der Waals surface area contributed by atoms with Gasteiger partial charge in [0.05, 0.1) is 5.69 Å². The summed E-state index contributed by atoms with van der Waals surface area (Å²) < 4.78 is 56.0. The lowest BCUT2D eigenvalue weighted by atomic mass is 9.75. The largest absolute Gasteiger partial charge is 0.367 e. The van der Waals surface area contributed by atoms with Gasteiger partial charge in [-0.3, -0.25) is 4.79 Å². The van der Waals surface area contributed by atoms with Crippen LogP contribution < -0.4 is 10.2 Å². The highest BCUT2D eigenvalue weighted by Crippen LogP contribution is 2.51. The zero-order valence-corrected chi connectivity index (χ0v) is 18.6. The van der Waals surface area contributed by atoms with Crippen LogP contribution >= 0.6 is 0 Å². The third kappa shape index (κ3) is 4.92. The second kappa shape index (κ2) is 8.09. The summed E-state index contributed by atoms with van der Waals surface area (Å²) in [6.45, 7) is 6.75. The molecule has 0 saturated heterocycles. The Morgan fingerprint density at radius 2 is 1.84 bits per heavy atom. The van der Waals surface area contributed by atoms with Crippen LogP contribution in [0.1, 0.15) is 62.6 Å². The number of alkyl halides is 2. The number of nitrogens with zero attached hydrogens (tertiary/aromatic N) is 1. The maximum Gasteiger partial charge on any atom is 0.249 e. The molecule has 172 valence electrons. The van der Waals surface area contributed by atoms with Crippen molar-refractivity contribution >= 4 is 17.3 Å². The Balaban J connectivity index is 1.64. The van der Waals surface area contributed by atoms with Crippen molar-refractivity contribution in [3.05, 3.63) is 58.7 Å². The molecule has 0 unspecified atom stereocenters. The van der Waals surface area contributed by atoms with Crippen molar-refractivity contribution in [2.45, 2.75) is 64.8 Å². The van der Waals surface area contributed by atoms with Gasteiger partial charge in [-0.05, 0) is 58.7 Å². The van der Waals surface area contributed by atoms with Gasteiger partial charge in [-0.25, -0.2) is 17.6 Å². The lowest BCUT2D eigenvalue weighted by Gasteiger charge is -2.37. The van der Waals surface area contributed by atoms with Crippen LogP contribution in [-0.4, -0.2) is 18.4 Å². The van der Waals surface area contributed by atoms with E-state index in [1.165, 1.54) is 18.2 Å². The highest BCUT2D eigenvalue weighted by atomic mass is 19.3. The molecule has 1 N–H and O–H groups in total.